The third-order valence-corrected chi connectivity index (χ3v) is 7.00. The Morgan fingerprint density at radius 3 is 2.26 bits per heavy atom. The SMILES string of the molecule is COc1ccc(N2CCCN(C(=O)C3CCN(C(=O)c4cc(Cl)ccc4OC)CC3)CC2)cc1. The minimum atomic E-state index is -0.102. The van der Waals surface area contributed by atoms with Crippen molar-refractivity contribution in [2.45, 2.75) is 19.3 Å². The Kier molecular flexibility index (Phi) is 7.83. The summed E-state index contributed by atoms with van der Waals surface area (Å²) in [5, 5.41) is 0.499. The van der Waals surface area contributed by atoms with E-state index in [2.05, 4.69) is 17.0 Å². The molecule has 4 rings (SSSR count). The molecule has 0 radical (unpaired) electrons. The maximum absolute atomic E-state index is 13.3. The number of hydrogen-bond acceptors (Lipinski definition) is 5. The van der Waals surface area contributed by atoms with Gasteiger partial charge in [-0.1, -0.05) is 11.6 Å². The number of ether oxygens (including phenoxy) is 2. The Morgan fingerprint density at radius 1 is 0.853 bits per heavy atom. The minimum absolute atomic E-state index is 0.0437. The molecule has 0 aromatic heterocycles. The van der Waals surface area contributed by atoms with Crippen molar-refractivity contribution >= 4 is 29.1 Å². The second kappa shape index (κ2) is 11.0. The highest BCUT2D eigenvalue weighted by molar-refractivity contribution is 6.31. The molecule has 0 atom stereocenters. The maximum atomic E-state index is 13.3. The van der Waals surface area contributed by atoms with E-state index in [1.165, 1.54) is 0 Å². The van der Waals surface area contributed by atoms with Gasteiger partial charge in [0.2, 0.25) is 5.91 Å². The number of benzene rings is 2. The Labute approximate surface area is 206 Å². The summed E-state index contributed by atoms with van der Waals surface area (Å²) in [6, 6.07) is 13.1. The summed E-state index contributed by atoms with van der Waals surface area (Å²) in [6.07, 6.45) is 2.28. The average Bonchev–Trinajstić information content (AvgIpc) is 3.14. The molecule has 0 unspecified atom stereocenters. The molecule has 2 aliphatic rings. The van der Waals surface area contributed by atoms with E-state index in [-0.39, 0.29) is 17.7 Å². The fourth-order valence-electron chi connectivity index (χ4n) is 4.79. The molecule has 2 amide bonds. The largest absolute Gasteiger partial charge is 0.497 e. The van der Waals surface area contributed by atoms with Crippen molar-refractivity contribution in [3.05, 3.63) is 53.1 Å². The fraction of sp³-hybridized carbons (Fsp3) is 0.462. The Morgan fingerprint density at radius 2 is 1.59 bits per heavy atom. The number of hydrogen-bond donors (Lipinski definition) is 0. The Hall–Kier alpha value is -2.93. The molecule has 8 heteroatoms. The first kappa shape index (κ1) is 24.2. The molecular formula is C26H32ClN3O4. The van der Waals surface area contributed by atoms with Crippen LogP contribution in [0.5, 0.6) is 11.5 Å². The van der Waals surface area contributed by atoms with Gasteiger partial charge in [0, 0.05) is 55.9 Å². The number of nitrogens with zero attached hydrogens (tertiary/aromatic N) is 3. The predicted octanol–water partition coefficient (Wildman–Crippen LogP) is 3.95. The van der Waals surface area contributed by atoms with Crippen molar-refractivity contribution in [1.29, 1.82) is 0 Å². The number of carbonyl (C=O) groups is 2. The van der Waals surface area contributed by atoms with E-state index in [4.69, 9.17) is 21.1 Å². The first-order chi connectivity index (χ1) is 16.5. The van der Waals surface area contributed by atoms with Crippen LogP contribution in [0.15, 0.2) is 42.5 Å². The Balaban J connectivity index is 1.32. The number of likely N-dealkylation sites (tertiary alicyclic amines) is 1. The van der Waals surface area contributed by atoms with Gasteiger partial charge >= 0.3 is 0 Å². The first-order valence-electron chi connectivity index (χ1n) is 11.8. The molecule has 0 bridgehead atoms. The van der Waals surface area contributed by atoms with Crippen LogP contribution in [0.4, 0.5) is 5.69 Å². The van der Waals surface area contributed by atoms with Crippen molar-refractivity contribution in [2.75, 3.05) is 58.4 Å². The number of halogens is 1. The van der Waals surface area contributed by atoms with E-state index >= 15 is 0 Å². The fourth-order valence-corrected chi connectivity index (χ4v) is 4.97. The molecule has 2 aliphatic heterocycles. The summed E-state index contributed by atoms with van der Waals surface area (Å²) in [7, 11) is 3.21. The zero-order valence-electron chi connectivity index (χ0n) is 19.8. The number of carbonyl (C=O) groups excluding carboxylic acids is 2. The smallest absolute Gasteiger partial charge is 0.257 e. The molecule has 0 N–H and O–H groups in total. The van der Waals surface area contributed by atoms with Gasteiger partial charge in [0.25, 0.3) is 5.91 Å². The van der Waals surface area contributed by atoms with Gasteiger partial charge in [0.1, 0.15) is 11.5 Å². The summed E-state index contributed by atoms with van der Waals surface area (Å²) >= 11 is 6.10. The summed E-state index contributed by atoms with van der Waals surface area (Å²) in [5.41, 5.74) is 1.62. The maximum Gasteiger partial charge on any atom is 0.257 e. The normalized spacial score (nSPS) is 17.3. The topological polar surface area (TPSA) is 62.3 Å². The first-order valence-corrected chi connectivity index (χ1v) is 12.2. The van der Waals surface area contributed by atoms with E-state index < -0.39 is 0 Å². The molecule has 2 aromatic carbocycles. The third kappa shape index (κ3) is 5.41. The van der Waals surface area contributed by atoms with Crippen LogP contribution in [0.1, 0.15) is 29.6 Å². The molecule has 2 heterocycles. The van der Waals surface area contributed by atoms with Gasteiger partial charge in [-0.2, -0.15) is 0 Å². The lowest BCUT2D eigenvalue weighted by atomic mass is 9.94. The van der Waals surface area contributed by atoms with Gasteiger partial charge in [0.05, 0.1) is 19.8 Å². The monoisotopic (exact) mass is 485 g/mol. The number of piperidine rings is 1. The highest BCUT2D eigenvalue weighted by Gasteiger charge is 2.32. The van der Waals surface area contributed by atoms with E-state index in [0.717, 1.165) is 37.5 Å². The zero-order valence-corrected chi connectivity index (χ0v) is 20.6. The van der Waals surface area contributed by atoms with Crippen molar-refractivity contribution in [3.63, 3.8) is 0 Å². The van der Waals surface area contributed by atoms with Gasteiger partial charge in [-0.3, -0.25) is 9.59 Å². The number of amides is 2. The van der Waals surface area contributed by atoms with Crippen LogP contribution in [0, 0.1) is 5.92 Å². The number of rotatable bonds is 5. The number of methoxy groups -OCH3 is 2. The standard InChI is InChI=1S/C26H32ClN3O4/c1-33-22-7-5-21(6-8-22)28-12-3-13-29(17-16-28)25(31)19-10-14-30(15-11-19)26(32)23-18-20(27)4-9-24(23)34-2/h4-9,18-19H,3,10-17H2,1-2H3. The summed E-state index contributed by atoms with van der Waals surface area (Å²) in [5.74, 6) is 1.42. The van der Waals surface area contributed by atoms with Crippen LogP contribution in [0.3, 0.4) is 0 Å². The molecule has 2 fully saturated rings. The molecule has 0 aliphatic carbocycles. The lowest BCUT2D eigenvalue weighted by Gasteiger charge is -2.34. The van der Waals surface area contributed by atoms with Crippen LogP contribution in [0.25, 0.3) is 0 Å². The predicted molar refractivity (Wildman–Crippen MR) is 133 cm³/mol. The van der Waals surface area contributed by atoms with E-state index in [0.29, 0.717) is 48.8 Å². The summed E-state index contributed by atoms with van der Waals surface area (Å²) < 4.78 is 10.6. The van der Waals surface area contributed by atoms with E-state index in [9.17, 15) is 9.59 Å². The van der Waals surface area contributed by atoms with Crippen molar-refractivity contribution in [1.82, 2.24) is 9.80 Å². The van der Waals surface area contributed by atoms with Gasteiger partial charge < -0.3 is 24.2 Å². The van der Waals surface area contributed by atoms with Crippen molar-refractivity contribution in [2.24, 2.45) is 5.92 Å². The molecule has 182 valence electrons. The van der Waals surface area contributed by atoms with Gasteiger partial charge in [-0.25, -0.2) is 0 Å². The van der Waals surface area contributed by atoms with Crippen molar-refractivity contribution < 1.29 is 19.1 Å². The number of anilines is 1. The van der Waals surface area contributed by atoms with Crippen LogP contribution in [0.2, 0.25) is 5.02 Å². The molecule has 2 aromatic rings. The van der Waals surface area contributed by atoms with E-state index in [1.54, 1.807) is 37.3 Å². The molecule has 7 nitrogen and oxygen atoms in total. The average molecular weight is 486 g/mol. The van der Waals surface area contributed by atoms with Crippen LogP contribution < -0.4 is 14.4 Å². The van der Waals surface area contributed by atoms with Gasteiger partial charge in [-0.15, -0.1) is 0 Å². The van der Waals surface area contributed by atoms with E-state index in [1.807, 2.05) is 17.0 Å². The summed E-state index contributed by atoms with van der Waals surface area (Å²) in [4.78, 5) is 32.4. The molecule has 0 saturated carbocycles. The van der Waals surface area contributed by atoms with Crippen LogP contribution >= 0.6 is 11.6 Å². The van der Waals surface area contributed by atoms with Crippen molar-refractivity contribution in [3.8, 4) is 11.5 Å². The second-order valence-corrected chi connectivity index (χ2v) is 9.21. The zero-order chi connectivity index (χ0) is 24.1. The molecule has 2 saturated heterocycles. The quantitative estimate of drug-likeness (QED) is 0.641. The van der Waals surface area contributed by atoms with Crippen LogP contribution in [-0.4, -0.2) is 75.1 Å². The highest BCUT2D eigenvalue weighted by Crippen LogP contribution is 2.28. The Bertz CT molecular complexity index is 1010. The minimum Gasteiger partial charge on any atom is -0.497 e. The lowest BCUT2D eigenvalue weighted by molar-refractivity contribution is -0.136. The molecule has 0 spiro atoms. The van der Waals surface area contributed by atoms with Gasteiger partial charge in [0.15, 0.2) is 0 Å². The third-order valence-electron chi connectivity index (χ3n) is 6.77. The molecular weight excluding hydrogens is 454 g/mol. The lowest BCUT2D eigenvalue weighted by Crippen LogP contribution is -2.45. The second-order valence-electron chi connectivity index (χ2n) is 8.77. The summed E-state index contributed by atoms with van der Waals surface area (Å²) in [6.45, 7) is 4.32. The highest BCUT2D eigenvalue weighted by atomic mass is 35.5. The van der Waals surface area contributed by atoms with Crippen LogP contribution in [-0.2, 0) is 4.79 Å². The van der Waals surface area contributed by atoms with Gasteiger partial charge in [-0.05, 0) is 61.7 Å². The molecule has 34 heavy (non-hydrogen) atoms.